The van der Waals surface area contributed by atoms with Crippen LogP contribution in [0.5, 0.6) is 0 Å². The van der Waals surface area contributed by atoms with Gasteiger partial charge in [-0.25, -0.2) is 8.42 Å². The van der Waals surface area contributed by atoms with Crippen molar-refractivity contribution in [2.24, 2.45) is 11.8 Å². The van der Waals surface area contributed by atoms with Gasteiger partial charge in [0.05, 0.1) is 5.75 Å². The fourth-order valence-corrected chi connectivity index (χ4v) is 5.85. The van der Waals surface area contributed by atoms with Gasteiger partial charge in [-0.15, -0.1) is 0 Å². The molecule has 0 N–H and O–H groups in total. The van der Waals surface area contributed by atoms with Crippen LogP contribution in [-0.2, 0) is 10.0 Å². The Bertz CT molecular complexity index is 415. The van der Waals surface area contributed by atoms with Crippen LogP contribution >= 0.6 is 0 Å². The minimum Gasteiger partial charge on any atom is -0.297 e. The van der Waals surface area contributed by atoms with E-state index >= 15 is 0 Å². The van der Waals surface area contributed by atoms with Gasteiger partial charge in [0, 0.05) is 32.2 Å². The van der Waals surface area contributed by atoms with Gasteiger partial charge in [0.15, 0.2) is 0 Å². The van der Waals surface area contributed by atoms with E-state index in [1.807, 2.05) is 6.92 Å². The van der Waals surface area contributed by atoms with E-state index in [-0.39, 0.29) is 0 Å². The lowest BCUT2D eigenvalue weighted by Crippen LogP contribution is -2.53. The van der Waals surface area contributed by atoms with Crippen LogP contribution in [0.3, 0.4) is 0 Å². The summed E-state index contributed by atoms with van der Waals surface area (Å²) in [7, 11) is -2.98. The summed E-state index contributed by atoms with van der Waals surface area (Å²) in [6.45, 7) is 5.23. The van der Waals surface area contributed by atoms with Crippen molar-refractivity contribution in [1.29, 1.82) is 0 Å². The van der Waals surface area contributed by atoms with Crippen LogP contribution in [-0.4, -0.2) is 55.6 Å². The third kappa shape index (κ3) is 2.69. The molecule has 0 aromatic rings. The van der Waals surface area contributed by atoms with E-state index in [2.05, 4.69) is 4.90 Å². The van der Waals surface area contributed by atoms with Crippen molar-refractivity contribution in [2.75, 3.05) is 31.9 Å². The maximum atomic E-state index is 12.0. The number of fused-ring (bicyclic) bond motifs is 2. The molecule has 2 aliphatic carbocycles. The lowest BCUT2D eigenvalue weighted by molar-refractivity contribution is 0.101. The Morgan fingerprint density at radius 3 is 2.32 bits per heavy atom. The zero-order valence-corrected chi connectivity index (χ0v) is 12.7. The zero-order valence-electron chi connectivity index (χ0n) is 11.9. The largest absolute Gasteiger partial charge is 0.297 e. The topological polar surface area (TPSA) is 40.6 Å². The molecule has 0 spiro atoms. The Morgan fingerprint density at radius 1 is 1.05 bits per heavy atom. The van der Waals surface area contributed by atoms with E-state index in [1.54, 1.807) is 4.31 Å². The van der Waals surface area contributed by atoms with Crippen LogP contribution in [0.1, 0.15) is 39.0 Å². The molecule has 0 amide bonds. The quantitative estimate of drug-likeness (QED) is 0.787. The van der Waals surface area contributed by atoms with Gasteiger partial charge in [0.2, 0.25) is 10.0 Å². The Hall–Kier alpha value is -0.130. The second-order valence-electron chi connectivity index (χ2n) is 6.49. The van der Waals surface area contributed by atoms with Gasteiger partial charge in [-0.1, -0.05) is 13.3 Å². The van der Waals surface area contributed by atoms with Gasteiger partial charge in [0.1, 0.15) is 0 Å². The molecule has 1 heterocycles. The average Bonchev–Trinajstić information content (AvgIpc) is 3.01. The first-order chi connectivity index (χ1) is 9.10. The Labute approximate surface area is 117 Å². The summed E-state index contributed by atoms with van der Waals surface area (Å²) >= 11 is 0. The predicted molar refractivity (Wildman–Crippen MR) is 76.5 cm³/mol. The smallest absolute Gasteiger partial charge is 0.214 e. The molecule has 2 saturated carbocycles. The summed E-state index contributed by atoms with van der Waals surface area (Å²) in [4.78, 5) is 2.57. The van der Waals surface area contributed by atoms with Crippen LogP contribution in [0.25, 0.3) is 0 Å². The Morgan fingerprint density at radius 2 is 1.79 bits per heavy atom. The lowest BCUT2D eigenvalue weighted by Gasteiger charge is -2.40. The van der Waals surface area contributed by atoms with Crippen molar-refractivity contribution in [3.05, 3.63) is 0 Å². The highest BCUT2D eigenvalue weighted by Gasteiger charge is 2.43. The maximum absolute atomic E-state index is 12.0. The lowest BCUT2D eigenvalue weighted by atomic mass is 9.93. The molecule has 3 atom stereocenters. The van der Waals surface area contributed by atoms with Gasteiger partial charge >= 0.3 is 0 Å². The number of rotatable bonds is 4. The zero-order chi connectivity index (χ0) is 13.5. The van der Waals surface area contributed by atoms with Crippen molar-refractivity contribution < 1.29 is 8.42 Å². The van der Waals surface area contributed by atoms with E-state index in [1.165, 1.54) is 25.7 Å². The van der Waals surface area contributed by atoms with Crippen molar-refractivity contribution in [2.45, 2.75) is 45.1 Å². The molecular weight excluding hydrogens is 260 g/mol. The highest BCUT2D eigenvalue weighted by atomic mass is 32.2. The molecule has 19 heavy (non-hydrogen) atoms. The van der Waals surface area contributed by atoms with Crippen molar-refractivity contribution >= 4 is 10.0 Å². The maximum Gasteiger partial charge on any atom is 0.214 e. The normalized spacial score (nSPS) is 37.0. The molecule has 0 aromatic carbocycles. The molecule has 3 aliphatic rings. The number of sulfonamides is 1. The van der Waals surface area contributed by atoms with Crippen molar-refractivity contribution in [3.63, 3.8) is 0 Å². The van der Waals surface area contributed by atoms with Gasteiger partial charge in [-0.3, -0.25) is 4.90 Å². The van der Waals surface area contributed by atoms with Crippen molar-refractivity contribution in [1.82, 2.24) is 9.21 Å². The number of piperazine rings is 1. The molecule has 4 nitrogen and oxygen atoms in total. The van der Waals surface area contributed by atoms with E-state index in [4.69, 9.17) is 0 Å². The third-order valence-electron chi connectivity index (χ3n) is 5.30. The fourth-order valence-electron chi connectivity index (χ4n) is 4.36. The van der Waals surface area contributed by atoms with Crippen LogP contribution in [0.4, 0.5) is 0 Å². The second-order valence-corrected chi connectivity index (χ2v) is 8.58. The summed E-state index contributed by atoms with van der Waals surface area (Å²) in [5.74, 6) is 2.18. The average molecular weight is 286 g/mol. The van der Waals surface area contributed by atoms with Crippen LogP contribution in [0.15, 0.2) is 0 Å². The van der Waals surface area contributed by atoms with Crippen LogP contribution in [0.2, 0.25) is 0 Å². The Balaban J connectivity index is 1.55. The van der Waals surface area contributed by atoms with E-state index in [9.17, 15) is 8.42 Å². The molecule has 1 aliphatic heterocycles. The first-order valence-electron chi connectivity index (χ1n) is 7.82. The molecule has 1 saturated heterocycles. The SMILES string of the molecule is CCCS(=O)(=O)N1CCN([C@@H]2C[C@H]3CC[C@@H]2C3)CC1. The van der Waals surface area contributed by atoms with Gasteiger partial charge in [0.25, 0.3) is 0 Å². The first-order valence-corrected chi connectivity index (χ1v) is 9.43. The van der Waals surface area contributed by atoms with E-state index < -0.39 is 10.0 Å². The van der Waals surface area contributed by atoms with Crippen molar-refractivity contribution in [3.8, 4) is 0 Å². The molecule has 5 heteroatoms. The van der Waals surface area contributed by atoms with Gasteiger partial charge in [-0.2, -0.15) is 4.31 Å². The van der Waals surface area contributed by atoms with Gasteiger partial charge in [-0.05, 0) is 37.5 Å². The summed E-state index contributed by atoms with van der Waals surface area (Å²) in [5, 5.41) is 0. The molecule has 2 bridgehead atoms. The standard InChI is InChI=1S/C14H26N2O2S/c1-2-9-19(17,18)16-7-5-15(6-8-16)14-11-12-3-4-13(14)10-12/h12-14H,2-11H2,1H3/t12-,13+,14+/m0/s1. The molecule has 0 aromatic heterocycles. The fraction of sp³-hybridized carbons (Fsp3) is 1.00. The first kappa shape index (κ1) is 13.8. The highest BCUT2D eigenvalue weighted by molar-refractivity contribution is 7.89. The summed E-state index contributed by atoms with van der Waals surface area (Å²) in [6.07, 6.45) is 6.36. The minimum atomic E-state index is -2.98. The molecule has 3 fully saturated rings. The molecule has 3 rings (SSSR count). The van der Waals surface area contributed by atoms with Crippen LogP contribution in [0, 0.1) is 11.8 Å². The number of nitrogens with zero attached hydrogens (tertiary/aromatic N) is 2. The van der Waals surface area contributed by atoms with Gasteiger partial charge < -0.3 is 0 Å². The highest BCUT2D eigenvalue weighted by Crippen LogP contribution is 2.46. The molecule has 110 valence electrons. The molecule has 0 radical (unpaired) electrons. The monoisotopic (exact) mass is 286 g/mol. The van der Waals surface area contributed by atoms with E-state index in [0.717, 1.165) is 37.4 Å². The van der Waals surface area contributed by atoms with Crippen LogP contribution < -0.4 is 0 Å². The predicted octanol–water partition coefficient (Wildman–Crippen LogP) is 1.53. The summed E-state index contributed by atoms with van der Waals surface area (Å²) < 4.78 is 25.8. The minimum absolute atomic E-state index is 0.307. The summed E-state index contributed by atoms with van der Waals surface area (Å²) in [5.41, 5.74) is 0. The summed E-state index contributed by atoms with van der Waals surface area (Å²) in [6, 6.07) is 0.759. The van der Waals surface area contributed by atoms with E-state index in [0.29, 0.717) is 18.8 Å². The molecule has 0 unspecified atom stereocenters. The second kappa shape index (κ2) is 5.34. The molecular formula is C14H26N2O2S. The Kier molecular flexibility index (Phi) is 3.89. The number of hydrogen-bond donors (Lipinski definition) is 0. The third-order valence-corrected chi connectivity index (χ3v) is 7.37. The number of hydrogen-bond acceptors (Lipinski definition) is 3.